The number of carboxylic acids is 1. The van der Waals surface area contributed by atoms with Crippen molar-refractivity contribution in [1.29, 1.82) is 0 Å². The van der Waals surface area contributed by atoms with Crippen molar-refractivity contribution in [3.8, 4) is 0 Å². The molecule has 0 radical (unpaired) electrons. The van der Waals surface area contributed by atoms with Crippen LogP contribution in [0.15, 0.2) is 18.2 Å². The Balaban J connectivity index is 2.04. The molecular formula is C10H11N3O2. The molecule has 1 aromatic carbocycles. The SMILES string of the molecule is O=C(O)CCCc1ccc2n[nH]nc2c1. The number of hydrogen-bond acceptors (Lipinski definition) is 3. The van der Waals surface area contributed by atoms with E-state index in [9.17, 15) is 4.79 Å². The minimum absolute atomic E-state index is 0.205. The quantitative estimate of drug-likeness (QED) is 0.790. The van der Waals surface area contributed by atoms with Gasteiger partial charge in [0, 0.05) is 6.42 Å². The van der Waals surface area contributed by atoms with Gasteiger partial charge in [-0.2, -0.15) is 15.4 Å². The monoisotopic (exact) mass is 205 g/mol. The molecule has 1 aromatic heterocycles. The van der Waals surface area contributed by atoms with Crippen LogP contribution in [-0.4, -0.2) is 26.5 Å². The summed E-state index contributed by atoms with van der Waals surface area (Å²) in [5, 5.41) is 19.0. The number of benzene rings is 1. The maximum Gasteiger partial charge on any atom is 0.303 e. The Morgan fingerprint density at radius 1 is 1.33 bits per heavy atom. The number of aromatic nitrogens is 3. The largest absolute Gasteiger partial charge is 0.481 e. The van der Waals surface area contributed by atoms with Gasteiger partial charge < -0.3 is 5.11 Å². The molecule has 0 saturated carbocycles. The standard InChI is InChI=1S/C10H11N3O2/c14-10(15)3-1-2-7-4-5-8-9(6-7)12-13-11-8/h4-6H,1-3H2,(H,14,15)(H,11,12,13). The molecule has 0 atom stereocenters. The van der Waals surface area contributed by atoms with Crippen LogP contribution in [0.5, 0.6) is 0 Å². The Morgan fingerprint density at radius 2 is 2.13 bits per heavy atom. The van der Waals surface area contributed by atoms with Crippen LogP contribution < -0.4 is 0 Å². The number of rotatable bonds is 4. The average molecular weight is 205 g/mol. The number of hydrogen-bond donors (Lipinski definition) is 2. The smallest absolute Gasteiger partial charge is 0.303 e. The predicted octanol–water partition coefficient (Wildman–Crippen LogP) is 1.37. The third kappa shape index (κ3) is 2.31. The Hall–Kier alpha value is -1.91. The van der Waals surface area contributed by atoms with E-state index in [1.54, 1.807) is 0 Å². The van der Waals surface area contributed by atoms with Crippen molar-refractivity contribution in [2.75, 3.05) is 0 Å². The second kappa shape index (κ2) is 4.08. The first-order valence-electron chi connectivity index (χ1n) is 4.77. The van der Waals surface area contributed by atoms with E-state index < -0.39 is 5.97 Å². The van der Waals surface area contributed by atoms with Crippen molar-refractivity contribution in [1.82, 2.24) is 15.4 Å². The summed E-state index contributed by atoms with van der Waals surface area (Å²) in [7, 11) is 0. The van der Waals surface area contributed by atoms with E-state index in [2.05, 4.69) is 15.4 Å². The summed E-state index contributed by atoms with van der Waals surface area (Å²) < 4.78 is 0. The Bertz CT molecular complexity index is 478. The average Bonchev–Trinajstić information content (AvgIpc) is 2.64. The molecular weight excluding hydrogens is 194 g/mol. The van der Waals surface area contributed by atoms with E-state index in [0.29, 0.717) is 6.42 Å². The van der Waals surface area contributed by atoms with Crippen molar-refractivity contribution < 1.29 is 9.90 Å². The van der Waals surface area contributed by atoms with Gasteiger partial charge in [-0.15, -0.1) is 0 Å². The van der Waals surface area contributed by atoms with Crippen LogP contribution >= 0.6 is 0 Å². The molecule has 0 amide bonds. The molecule has 5 heteroatoms. The van der Waals surface area contributed by atoms with E-state index >= 15 is 0 Å². The third-order valence-electron chi connectivity index (χ3n) is 2.24. The van der Waals surface area contributed by atoms with Gasteiger partial charge in [-0.05, 0) is 30.5 Å². The van der Waals surface area contributed by atoms with Gasteiger partial charge in [0.1, 0.15) is 11.0 Å². The van der Waals surface area contributed by atoms with Crippen molar-refractivity contribution in [3.05, 3.63) is 23.8 Å². The highest BCUT2D eigenvalue weighted by Gasteiger charge is 2.01. The fourth-order valence-electron chi connectivity index (χ4n) is 1.49. The highest BCUT2D eigenvalue weighted by molar-refractivity contribution is 5.74. The van der Waals surface area contributed by atoms with E-state index in [1.165, 1.54) is 0 Å². The lowest BCUT2D eigenvalue weighted by molar-refractivity contribution is -0.137. The zero-order valence-electron chi connectivity index (χ0n) is 8.10. The van der Waals surface area contributed by atoms with E-state index in [-0.39, 0.29) is 6.42 Å². The molecule has 2 N–H and O–H groups in total. The minimum Gasteiger partial charge on any atom is -0.481 e. The zero-order valence-corrected chi connectivity index (χ0v) is 8.10. The highest BCUT2D eigenvalue weighted by atomic mass is 16.4. The second-order valence-electron chi connectivity index (χ2n) is 3.39. The Morgan fingerprint density at radius 3 is 2.93 bits per heavy atom. The summed E-state index contributed by atoms with van der Waals surface area (Å²) in [4.78, 5) is 10.3. The van der Waals surface area contributed by atoms with Crippen molar-refractivity contribution in [2.45, 2.75) is 19.3 Å². The van der Waals surface area contributed by atoms with Gasteiger partial charge in [-0.25, -0.2) is 0 Å². The molecule has 0 bridgehead atoms. The molecule has 15 heavy (non-hydrogen) atoms. The first-order chi connectivity index (χ1) is 7.25. The molecule has 0 aliphatic rings. The molecule has 0 spiro atoms. The van der Waals surface area contributed by atoms with Gasteiger partial charge in [-0.1, -0.05) is 6.07 Å². The molecule has 78 valence electrons. The van der Waals surface area contributed by atoms with Crippen LogP contribution in [0.4, 0.5) is 0 Å². The van der Waals surface area contributed by atoms with Crippen molar-refractivity contribution >= 4 is 17.0 Å². The number of carbonyl (C=O) groups is 1. The van der Waals surface area contributed by atoms with Gasteiger partial charge in [0.25, 0.3) is 0 Å². The van der Waals surface area contributed by atoms with Gasteiger partial charge >= 0.3 is 5.97 Å². The van der Waals surface area contributed by atoms with E-state index in [1.807, 2.05) is 18.2 Å². The van der Waals surface area contributed by atoms with E-state index in [0.717, 1.165) is 23.0 Å². The molecule has 0 unspecified atom stereocenters. The zero-order chi connectivity index (χ0) is 10.7. The van der Waals surface area contributed by atoms with Crippen LogP contribution in [0.1, 0.15) is 18.4 Å². The summed E-state index contributed by atoms with van der Waals surface area (Å²) in [5.41, 5.74) is 2.75. The van der Waals surface area contributed by atoms with Gasteiger partial charge in [-0.3, -0.25) is 4.79 Å². The first-order valence-corrected chi connectivity index (χ1v) is 4.77. The molecule has 2 aromatic rings. The second-order valence-corrected chi connectivity index (χ2v) is 3.39. The molecule has 1 heterocycles. The topological polar surface area (TPSA) is 78.9 Å². The number of nitrogens with one attached hydrogen (secondary N) is 1. The maximum atomic E-state index is 10.3. The number of carboxylic acid groups (broad SMARTS) is 1. The Labute approximate surface area is 86.1 Å². The number of H-pyrrole nitrogens is 1. The first kappa shape index (κ1) is 9.64. The summed E-state index contributed by atoms with van der Waals surface area (Å²) in [5.74, 6) is -0.752. The molecule has 0 saturated heterocycles. The molecule has 5 nitrogen and oxygen atoms in total. The van der Waals surface area contributed by atoms with Gasteiger partial charge in [0.2, 0.25) is 0 Å². The van der Waals surface area contributed by atoms with Gasteiger partial charge in [0.15, 0.2) is 0 Å². The minimum atomic E-state index is -0.752. The lowest BCUT2D eigenvalue weighted by Gasteiger charge is -1.98. The summed E-state index contributed by atoms with van der Waals surface area (Å²) in [6.07, 6.45) is 1.62. The molecule has 0 aliphatic carbocycles. The van der Waals surface area contributed by atoms with E-state index in [4.69, 9.17) is 5.11 Å². The maximum absolute atomic E-state index is 10.3. The molecule has 0 aliphatic heterocycles. The Kier molecular flexibility index (Phi) is 2.62. The predicted molar refractivity (Wildman–Crippen MR) is 54.5 cm³/mol. The van der Waals surface area contributed by atoms with Crippen LogP contribution in [0.25, 0.3) is 11.0 Å². The lowest BCUT2D eigenvalue weighted by Crippen LogP contribution is -1.95. The summed E-state index contributed by atoms with van der Waals surface area (Å²) in [6, 6.07) is 5.77. The van der Waals surface area contributed by atoms with Crippen LogP contribution in [-0.2, 0) is 11.2 Å². The number of nitrogens with zero attached hydrogens (tertiary/aromatic N) is 2. The summed E-state index contributed by atoms with van der Waals surface area (Å²) in [6.45, 7) is 0. The van der Waals surface area contributed by atoms with Crippen LogP contribution in [0.3, 0.4) is 0 Å². The number of fused-ring (bicyclic) bond motifs is 1. The van der Waals surface area contributed by atoms with Crippen molar-refractivity contribution in [2.24, 2.45) is 0 Å². The molecule has 0 fully saturated rings. The lowest BCUT2D eigenvalue weighted by atomic mass is 10.1. The number of aliphatic carboxylic acids is 1. The van der Waals surface area contributed by atoms with Crippen molar-refractivity contribution in [3.63, 3.8) is 0 Å². The number of aromatic amines is 1. The van der Waals surface area contributed by atoms with Gasteiger partial charge in [0.05, 0.1) is 0 Å². The molecule has 2 rings (SSSR count). The fraction of sp³-hybridized carbons (Fsp3) is 0.300. The van der Waals surface area contributed by atoms with Crippen LogP contribution in [0, 0.1) is 0 Å². The fourth-order valence-corrected chi connectivity index (χ4v) is 1.49. The van der Waals surface area contributed by atoms with Crippen LogP contribution in [0.2, 0.25) is 0 Å². The number of aryl methyl sites for hydroxylation is 1. The third-order valence-corrected chi connectivity index (χ3v) is 2.24. The summed E-state index contributed by atoms with van der Waals surface area (Å²) >= 11 is 0. The normalized spacial score (nSPS) is 10.7. The highest BCUT2D eigenvalue weighted by Crippen LogP contribution is 2.12.